The van der Waals surface area contributed by atoms with Gasteiger partial charge in [-0.15, -0.1) is 0 Å². The van der Waals surface area contributed by atoms with Gasteiger partial charge in [0.05, 0.1) is 19.5 Å². The largest absolute Gasteiger partial charge is 0.482 e. The second kappa shape index (κ2) is 7.79. The molecule has 1 aliphatic heterocycles. The fraction of sp³-hybridized carbons (Fsp3) is 0.250. The van der Waals surface area contributed by atoms with Crippen molar-refractivity contribution in [3.8, 4) is 5.75 Å². The summed E-state index contributed by atoms with van der Waals surface area (Å²) in [5, 5.41) is 10.7. The van der Waals surface area contributed by atoms with E-state index < -0.39 is 12.4 Å². The van der Waals surface area contributed by atoms with Crippen LogP contribution in [0, 0.1) is 0 Å². The maximum atomic E-state index is 12.2. The van der Waals surface area contributed by atoms with Gasteiger partial charge in [-0.05, 0) is 17.7 Å². The van der Waals surface area contributed by atoms with E-state index in [4.69, 9.17) is 23.0 Å². The van der Waals surface area contributed by atoms with Crippen molar-refractivity contribution in [1.29, 1.82) is 0 Å². The molecule has 27 heavy (non-hydrogen) atoms. The minimum Gasteiger partial charge on any atom is -0.482 e. The molecule has 0 amide bonds. The van der Waals surface area contributed by atoms with Crippen molar-refractivity contribution >= 4 is 0 Å². The molecule has 7 nitrogen and oxygen atoms in total. The van der Waals surface area contributed by atoms with Crippen LogP contribution in [0.1, 0.15) is 35.2 Å². The quantitative estimate of drug-likeness (QED) is 0.713. The molecule has 3 heterocycles. The summed E-state index contributed by atoms with van der Waals surface area (Å²) in [5.41, 5.74) is 0.498. The highest BCUT2D eigenvalue weighted by Crippen LogP contribution is 2.32. The third-order valence-corrected chi connectivity index (χ3v) is 4.11. The van der Waals surface area contributed by atoms with E-state index in [0.717, 1.165) is 5.56 Å². The lowest BCUT2D eigenvalue weighted by atomic mass is 10.2. The first-order valence-corrected chi connectivity index (χ1v) is 8.51. The first-order valence-electron chi connectivity index (χ1n) is 8.51. The molecular weight excluding hydrogens is 352 g/mol. The predicted octanol–water partition coefficient (Wildman–Crippen LogP) is 2.94. The molecule has 1 atom stereocenters. The Morgan fingerprint density at radius 1 is 1.07 bits per heavy atom. The van der Waals surface area contributed by atoms with Crippen LogP contribution in [0.15, 0.2) is 68.4 Å². The van der Waals surface area contributed by atoms with E-state index in [2.05, 4.69) is 0 Å². The molecule has 1 aliphatic rings. The number of furan rings is 1. The molecule has 1 aromatic carbocycles. The molecule has 0 aliphatic carbocycles. The zero-order valence-electron chi connectivity index (χ0n) is 14.4. The van der Waals surface area contributed by atoms with E-state index in [-0.39, 0.29) is 29.3 Å². The molecule has 3 aromatic rings. The Labute approximate surface area is 154 Å². The van der Waals surface area contributed by atoms with Crippen LogP contribution in [-0.4, -0.2) is 18.3 Å². The third-order valence-electron chi connectivity index (χ3n) is 4.11. The zero-order valence-corrected chi connectivity index (χ0v) is 14.4. The Balaban J connectivity index is 1.57. The van der Waals surface area contributed by atoms with E-state index in [1.165, 1.54) is 12.3 Å². The van der Waals surface area contributed by atoms with Crippen LogP contribution in [0.4, 0.5) is 0 Å². The van der Waals surface area contributed by atoms with Gasteiger partial charge in [-0.25, -0.2) is 0 Å². The summed E-state index contributed by atoms with van der Waals surface area (Å²) in [7, 11) is 0. The van der Waals surface area contributed by atoms with Crippen LogP contribution < -0.4 is 10.2 Å². The highest BCUT2D eigenvalue weighted by Gasteiger charge is 2.27. The second-order valence-electron chi connectivity index (χ2n) is 5.97. The van der Waals surface area contributed by atoms with Crippen LogP contribution >= 0.6 is 0 Å². The van der Waals surface area contributed by atoms with E-state index in [1.807, 2.05) is 30.3 Å². The van der Waals surface area contributed by atoms with Gasteiger partial charge in [-0.1, -0.05) is 30.3 Å². The van der Waals surface area contributed by atoms with Gasteiger partial charge in [-0.3, -0.25) is 4.79 Å². The Bertz CT molecular complexity index is 938. The highest BCUT2D eigenvalue weighted by atomic mass is 16.7. The topological polar surface area (TPSA) is 91.3 Å². The average molecular weight is 370 g/mol. The van der Waals surface area contributed by atoms with Gasteiger partial charge in [0, 0.05) is 6.07 Å². The van der Waals surface area contributed by atoms with Crippen molar-refractivity contribution < 1.29 is 28.2 Å². The summed E-state index contributed by atoms with van der Waals surface area (Å²) < 4.78 is 27.4. The van der Waals surface area contributed by atoms with Gasteiger partial charge in [0.25, 0.3) is 0 Å². The number of aliphatic hydroxyl groups excluding tert-OH is 1. The second-order valence-corrected chi connectivity index (χ2v) is 5.97. The number of hydrogen-bond acceptors (Lipinski definition) is 7. The van der Waals surface area contributed by atoms with Crippen LogP contribution in [0.5, 0.6) is 5.75 Å². The van der Waals surface area contributed by atoms with Crippen molar-refractivity contribution in [2.45, 2.75) is 19.0 Å². The minimum absolute atomic E-state index is 0.0208. The molecule has 4 rings (SSSR count). The van der Waals surface area contributed by atoms with Crippen molar-refractivity contribution in [2.75, 3.05) is 13.2 Å². The molecule has 140 valence electrons. The van der Waals surface area contributed by atoms with Crippen LogP contribution in [0.25, 0.3) is 0 Å². The number of benzene rings is 1. The lowest BCUT2D eigenvalue weighted by Gasteiger charge is -2.13. The number of rotatable bonds is 6. The first-order chi connectivity index (χ1) is 13.2. The molecule has 0 bridgehead atoms. The number of hydrogen-bond donors (Lipinski definition) is 1. The lowest BCUT2D eigenvalue weighted by molar-refractivity contribution is -0.0603. The molecule has 0 saturated carbocycles. The fourth-order valence-corrected chi connectivity index (χ4v) is 2.77. The smallest absolute Gasteiger partial charge is 0.227 e. The van der Waals surface area contributed by atoms with Crippen LogP contribution in [0.2, 0.25) is 0 Å². The van der Waals surface area contributed by atoms with Gasteiger partial charge < -0.3 is 28.2 Å². The van der Waals surface area contributed by atoms with Gasteiger partial charge in [0.15, 0.2) is 17.6 Å². The molecule has 1 N–H and O–H groups in total. The summed E-state index contributed by atoms with van der Waals surface area (Å²) in [4.78, 5) is 12.2. The van der Waals surface area contributed by atoms with E-state index in [0.29, 0.717) is 19.0 Å². The zero-order chi connectivity index (χ0) is 18.6. The van der Waals surface area contributed by atoms with Gasteiger partial charge in [0.2, 0.25) is 17.5 Å². The Morgan fingerprint density at radius 3 is 2.63 bits per heavy atom. The van der Waals surface area contributed by atoms with Gasteiger partial charge in [0.1, 0.15) is 12.4 Å². The Kier molecular flexibility index (Phi) is 5.06. The van der Waals surface area contributed by atoms with Crippen LogP contribution in [-0.2, 0) is 16.1 Å². The average Bonchev–Trinajstić information content (AvgIpc) is 3.38. The molecule has 0 radical (unpaired) electrons. The van der Waals surface area contributed by atoms with Gasteiger partial charge in [-0.2, -0.15) is 0 Å². The molecular formula is C20H18O7. The fourth-order valence-electron chi connectivity index (χ4n) is 2.77. The Morgan fingerprint density at radius 2 is 1.85 bits per heavy atom. The summed E-state index contributed by atoms with van der Waals surface area (Å²) in [6, 6.07) is 13.9. The molecule has 1 fully saturated rings. The van der Waals surface area contributed by atoms with Crippen molar-refractivity contribution in [3.05, 3.63) is 87.9 Å². The molecule has 0 spiro atoms. The lowest BCUT2D eigenvalue weighted by Crippen LogP contribution is -2.12. The molecule has 2 aromatic heterocycles. The standard InChI is InChI=1S/C20H18O7/c21-14-8-9-23-19(18(14)26-12-13-4-2-1-3-5-13)17(22)15-6-7-16(27-15)20-24-10-11-25-20/h1-9,17,20,22H,10-12H2. The summed E-state index contributed by atoms with van der Waals surface area (Å²) >= 11 is 0. The summed E-state index contributed by atoms with van der Waals surface area (Å²) in [5.74, 6) is 0.558. The monoisotopic (exact) mass is 370 g/mol. The third kappa shape index (κ3) is 3.80. The predicted molar refractivity (Wildman–Crippen MR) is 93.2 cm³/mol. The van der Waals surface area contributed by atoms with Crippen molar-refractivity contribution in [1.82, 2.24) is 0 Å². The molecule has 7 heteroatoms. The minimum atomic E-state index is -1.31. The molecule has 1 unspecified atom stereocenters. The molecule has 1 saturated heterocycles. The van der Waals surface area contributed by atoms with E-state index in [9.17, 15) is 9.90 Å². The van der Waals surface area contributed by atoms with E-state index in [1.54, 1.807) is 12.1 Å². The normalized spacial score (nSPS) is 15.7. The first kappa shape index (κ1) is 17.5. The van der Waals surface area contributed by atoms with Crippen molar-refractivity contribution in [3.63, 3.8) is 0 Å². The van der Waals surface area contributed by atoms with Gasteiger partial charge >= 0.3 is 0 Å². The Hall–Kier alpha value is -2.87. The van der Waals surface area contributed by atoms with E-state index >= 15 is 0 Å². The number of ether oxygens (including phenoxy) is 3. The summed E-state index contributed by atoms with van der Waals surface area (Å²) in [6.07, 6.45) is -0.689. The van der Waals surface area contributed by atoms with Crippen molar-refractivity contribution in [2.24, 2.45) is 0 Å². The SMILES string of the molecule is O=c1ccoc(C(O)c2ccc(C3OCCO3)o2)c1OCc1ccccc1. The highest BCUT2D eigenvalue weighted by molar-refractivity contribution is 5.31. The maximum Gasteiger partial charge on any atom is 0.227 e. The number of aliphatic hydroxyl groups is 1. The summed E-state index contributed by atoms with van der Waals surface area (Å²) in [6.45, 7) is 1.13. The van der Waals surface area contributed by atoms with Crippen LogP contribution in [0.3, 0.4) is 0 Å². The maximum absolute atomic E-state index is 12.2.